The van der Waals surface area contributed by atoms with E-state index in [-0.39, 0.29) is 18.4 Å². The number of nitrogens with one attached hydrogen (secondary N) is 3. The second-order valence-corrected chi connectivity index (χ2v) is 5.87. The average molecular weight is 272 g/mol. The van der Waals surface area contributed by atoms with Gasteiger partial charge in [0.15, 0.2) is 0 Å². The van der Waals surface area contributed by atoms with Gasteiger partial charge in [-0.2, -0.15) is 13.1 Å². The van der Waals surface area contributed by atoms with Crippen LogP contribution in [0.4, 0.5) is 0 Å². The van der Waals surface area contributed by atoms with E-state index in [1.54, 1.807) is 13.8 Å². The largest absolute Gasteiger partial charge is 0.316 e. The molecule has 3 N–H and O–H groups in total. The van der Waals surface area contributed by atoms with Crippen LogP contribution < -0.4 is 14.8 Å². The van der Waals surface area contributed by atoms with Gasteiger partial charge < -0.3 is 5.32 Å². The third kappa shape index (κ3) is 6.65. The Balaban J connectivity index is 0.00000225. The van der Waals surface area contributed by atoms with E-state index in [1.165, 1.54) is 0 Å². The quantitative estimate of drug-likeness (QED) is 0.671. The van der Waals surface area contributed by atoms with Crippen LogP contribution in [0.2, 0.25) is 0 Å². The van der Waals surface area contributed by atoms with E-state index in [0.717, 1.165) is 25.9 Å². The first-order valence-corrected chi connectivity index (χ1v) is 6.95. The lowest BCUT2D eigenvalue weighted by atomic mass is 10.0. The molecular formula is C9H22ClN3O2S. The fourth-order valence-corrected chi connectivity index (χ4v) is 2.84. The summed E-state index contributed by atoms with van der Waals surface area (Å²) >= 11 is 0. The summed E-state index contributed by atoms with van der Waals surface area (Å²) in [5.74, 6) is 0.419. The van der Waals surface area contributed by atoms with Crippen LogP contribution in [-0.2, 0) is 10.2 Å². The lowest BCUT2D eigenvalue weighted by Gasteiger charge is -2.23. The molecule has 0 aliphatic carbocycles. The highest BCUT2D eigenvalue weighted by Crippen LogP contribution is 2.08. The van der Waals surface area contributed by atoms with Crippen molar-refractivity contribution in [3.63, 3.8) is 0 Å². The molecule has 1 saturated heterocycles. The maximum absolute atomic E-state index is 11.4. The summed E-state index contributed by atoms with van der Waals surface area (Å²) < 4.78 is 28.0. The van der Waals surface area contributed by atoms with E-state index in [1.807, 2.05) is 0 Å². The number of halogens is 1. The van der Waals surface area contributed by atoms with E-state index in [2.05, 4.69) is 14.8 Å². The van der Waals surface area contributed by atoms with E-state index in [4.69, 9.17) is 0 Å². The molecule has 7 heteroatoms. The first-order valence-electron chi connectivity index (χ1n) is 5.47. The summed E-state index contributed by atoms with van der Waals surface area (Å²) in [6.07, 6.45) is 2.22. The Morgan fingerprint density at radius 1 is 1.44 bits per heavy atom. The van der Waals surface area contributed by atoms with E-state index < -0.39 is 10.2 Å². The van der Waals surface area contributed by atoms with Gasteiger partial charge in [-0.1, -0.05) is 0 Å². The van der Waals surface area contributed by atoms with Crippen LogP contribution in [0.3, 0.4) is 0 Å². The van der Waals surface area contributed by atoms with Crippen LogP contribution in [0.1, 0.15) is 26.7 Å². The van der Waals surface area contributed by atoms with Crippen molar-refractivity contribution in [1.29, 1.82) is 0 Å². The molecule has 1 rings (SSSR count). The Morgan fingerprint density at radius 3 is 2.62 bits per heavy atom. The molecule has 0 aromatic heterocycles. The van der Waals surface area contributed by atoms with Gasteiger partial charge >= 0.3 is 0 Å². The summed E-state index contributed by atoms with van der Waals surface area (Å²) in [6, 6.07) is -0.0630. The molecule has 1 aliphatic rings. The molecule has 0 amide bonds. The maximum Gasteiger partial charge on any atom is 0.277 e. The molecule has 0 aromatic rings. The Hall–Kier alpha value is 0.120. The van der Waals surface area contributed by atoms with Crippen molar-refractivity contribution >= 4 is 22.6 Å². The van der Waals surface area contributed by atoms with Crippen molar-refractivity contribution in [2.75, 3.05) is 19.6 Å². The maximum atomic E-state index is 11.4. The van der Waals surface area contributed by atoms with Crippen LogP contribution in [-0.4, -0.2) is 34.1 Å². The fourth-order valence-electron chi connectivity index (χ4n) is 1.68. The Bertz CT molecular complexity index is 276. The van der Waals surface area contributed by atoms with E-state index >= 15 is 0 Å². The number of hydrogen-bond acceptors (Lipinski definition) is 3. The van der Waals surface area contributed by atoms with Gasteiger partial charge in [0.2, 0.25) is 0 Å². The molecule has 1 heterocycles. The monoisotopic (exact) mass is 271 g/mol. The smallest absolute Gasteiger partial charge is 0.277 e. The van der Waals surface area contributed by atoms with Crippen LogP contribution in [0.15, 0.2) is 0 Å². The van der Waals surface area contributed by atoms with Gasteiger partial charge in [0.1, 0.15) is 0 Å². The lowest BCUT2D eigenvalue weighted by Crippen LogP contribution is -2.44. The fraction of sp³-hybridized carbons (Fsp3) is 1.00. The second kappa shape index (κ2) is 7.45. The molecule has 0 bridgehead atoms. The Kier molecular flexibility index (Phi) is 7.50. The number of rotatable bonds is 5. The van der Waals surface area contributed by atoms with Crippen LogP contribution in [0, 0.1) is 5.92 Å². The summed E-state index contributed by atoms with van der Waals surface area (Å²) in [6.45, 7) is 6.09. The minimum Gasteiger partial charge on any atom is -0.316 e. The summed E-state index contributed by atoms with van der Waals surface area (Å²) in [5.41, 5.74) is 0. The van der Waals surface area contributed by atoms with Gasteiger partial charge in [0, 0.05) is 12.6 Å². The molecule has 0 aromatic carbocycles. The minimum atomic E-state index is -3.31. The molecule has 1 unspecified atom stereocenters. The molecule has 16 heavy (non-hydrogen) atoms. The first-order chi connectivity index (χ1) is 6.99. The second-order valence-electron chi connectivity index (χ2n) is 4.34. The zero-order chi connectivity index (χ0) is 11.3. The predicted molar refractivity (Wildman–Crippen MR) is 68.0 cm³/mol. The third-order valence-corrected chi connectivity index (χ3v) is 3.68. The summed E-state index contributed by atoms with van der Waals surface area (Å²) in [7, 11) is -3.31. The molecule has 5 nitrogen and oxygen atoms in total. The molecule has 98 valence electrons. The molecular weight excluding hydrogens is 250 g/mol. The van der Waals surface area contributed by atoms with Crippen LogP contribution in [0.5, 0.6) is 0 Å². The Morgan fingerprint density at radius 2 is 2.12 bits per heavy atom. The standard InChI is InChI=1S/C9H21N3O2S.ClH/c1-8(2)12-15(13,14)11-7-9-4-3-5-10-6-9;/h8-12H,3-7H2,1-2H3;1H. The lowest BCUT2D eigenvalue weighted by molar-refractivity contribution is 0.375. The minimum absolute atomic E-state index is 0. The Labute approximate surface area is 104 Å². The van der Waals surface area contributed by atoms with E-state index in [0.29, 0.717) is 12.5 Å². The van der Waals surface area contributed by atoms with Crippen LogP contribution >= 0.6 is 12.4 Å². The SMILES string of the molecule is CC(C)NS(=O)(=O)NCC1CCCNC1.Cl. The first kappa shape index (κ1) is 16.1. The van der Waals surface area contributed by atoms with E-state index in [9.17, 15) is 8.42 Å². The molecule has 0 radical (unpaired) electrons. The van der Waals surface area contributed by atoms with Gasteiger partial charge in [-0.3, -0.25) is 0 Å². The van der Waals surface area contributed by atoms with Gasteiger partial charge in [0.25, 0.3) is 10.2 Å². The molecule has 0 spiro atoms. The molecule has 0 saturated carbocycles. The highest BCUT2D eigenvalue weighted by molar-refractivity contribution is 7.87. The van der Waals surface area contributed by atoms with Crippen LogP contribution in [0.25, 0.3) is 0 Å². The van der Waals surface area contributed by atoms with Crippen molar-refractivity contribution in [2.45, 2.75) is 32.7 Å². The molecule has 1 aliphatic heterocycles. The number of hydrogen-bond donors (Lipinski definition) is 3. The van der Waals surface area contributed by atoms with Gasteiger partial charge in [-0.25, -0.2) is 4.72 Å². The van der Waals surface area contributed by atoms with Crippen molar-refractivity contribution in [2.24, 2.45) is 5.92 Å². The van der Waals surface area contributed by atoms with Crippen molar-refractivity contribution in [3.05, 3.63) is 0 Å². The van der Waals surface area contributed by atoms with Gasteiger partial charge in [-0.05, 0) is 45.7 Å². The zero-order valence-electron chi connectivity index (χ0n) is 9.82. The highest BCUT2D eigenvalue weighted by Gasteiger charge is 2.16. The van der Waals surface area contributed by atoms with Crippen molar-refractivity contribution in [3.8, 4) is 0 Å². The van der Waals surface area contributed by atoms with Gasteiger partial charge in [0.05, 0.1) is 0 Å². The molecule has 1 fully saturated rings. The highest BCUT2D eigenvalue weighted by atomic mass is 35.5. The zero-order valence-corrected chi connectivity index (χ0v) is 11.5. The van der Waals surface area contributed by atoms with Crippen molar-refractivity contribution in [1.82, 2.24) is 14.8 Å². The summed E-state index contributed by atoms with van der Waals surface area (Å²) in [5, 5.41) is 3.26. The normalized spacial score (nSPS) is 21.8. The average Bonchev–Trinajstić information content (AvgIpc) is 2.15. The van der Waals surface area contributed by atoms with Gasteiger partial charge in [-0.15, -0.1) is 12.4 Å². The van der Waals surface area contributed by atoms with Crippen molar-refractivity contribution < 1.29 is 8.42 Å². The third-order valence-electron chi connectivity index (χ3n) is 2.35. The predicted octanol–water partition coefficient (Wildman–Crippen LogP) is 0.240. The topological polar surface area (TPSA) is 70.2 Å². The number of piperidine rings is 1. The summed E-state index contributed by atoms with van der Waals surface area (Å²) in [4.78, 5) is 0. The molecule has 1 atom stereocenters.